The highest BCUT2D eigenvalue weighted by molar-refractivity contribution is 6.30. The van der Waals surface area contributed by atoms with Crippen LogP contribution in [-0.2, 0) is 4.74 Å². The van der Waals surface area contributed by atoms with Crippen molar-refractivity contribution >= 4 is 23.3 Å². The minimum Gasteiger partial charge on any atom is -0.444 e. The Kier molecular flexibility index (Phi) is 6.53. The number of hydrogen-bond donors (Lipinski definition) is 0. The van der Waals surface area contributed by atoms with Crippen molar-refractivity contribution in [2.24, 2.45) is 0 Å². The first-order chi connectivity index (χ1) is 11.7. The monoisotopic (exact) mass is 364 g/mol. The first-order valence-corrected chi connectivity index (χ1v) is 9.16. The topological polar surface area (TPSA) is 32.8 Å². The number of rotatable bonds is 3. The third kappa shape index (κ3) is 6.05. The van der Waals surface area contributed by atoms with Crippen molar-refractivity contribution in [2.75, 3.05) is 32.7 Å². The fourth-order valence-electron chi connectivity index (χ4n) is 2.82. The van der Waals surface area contributed by atoms with Gasteiger partial charge in [-0.2, -0.15) is 0 Å². The summed E-state index contributed by atoms with van der Waals surface area (Å²) in [6.45, 7) is 14.1. The molecule has 1 aliphatic rings. The van der Waals surface area contributed by atoms with E-state index in [2.05, 4.69) is 30.9 Å². The molecule has 138 valence electrons. The molecule has 2 rings (SSSR count). The van der Waals surface area contributed by atoms with Crippen LogP contribution in [0.4, 0.5) is 4.79 Å². The van der Waals surface area contributed by atoms with Gasteiger partial charge in [-0.1, -0.05) is 29.3 Å². The number of halogens is 1. The fourth-order valence-corrected chi connectivity index (χ4v) is 2.94. The van der Waals surface area contributed by atoms with E-state index in [1.807, 2.05) is 32.9 Å². The van der Waals surface area contributed by atoms with Crippen molar-refractivity contribution in [1.29, 1.82) is 0 Å². The van der Waals surface area contributed by atoms with Crippen molar-refractivity contribution in [3.63, 3.8) is 0 Å². The van der Waals surface area contributed by atoms with Crippen LogP contribution in [0, 0.1) is 0 Å². The van der Waals surface area contributed by atoms with Crippen LogP contribution >= 0.6 is 11.6 Å². The first-order valence-electron chi connectivity index (χ1n) is 8.78. The molecule has 25 heavy (non-hydrogen) atoms. The zero-order chi connectivity index (χ0) is 18.6. The number of nitrogens with zero attached hydrogens (tertiary/aromatic N) is 2. The van der Waals surface area contributed by atoms with Gasteiger partial charge in [-0.05, 0) is 57.9 Å². The highest BCUT2D eigenvalue weighted by Crippen LogP contribution is 2.21. The highest BCUT2D eigenvalue weighted by atomic mass is 35.5. The molecule has 1 amide bonds. The summed E-state index contributed by atoms with van der Waals surface area (Å²) in [6, 6.07) is 7.96. The largest absolute Gasteiger partial charge is 0.444 e. The maximum absolute atomic E-state index is 12.1. The van der Waals surface area contributed by atoms with E-state index in [1.165, 1.54) is 16.7 Å². The number of benzene rings is 1. The molecule has 1 aliphatic heterocycles. The number of carbonyl (C=O) groups excluding carboxylic acids is 1. The maximum atomic E-state index is 12.1. The quantitative estimate of drug-likeness (QED) is 0.780. The maximum Gasteiger partial charge on any atom is 0.410 e. The van der Waals surface area contributed by atoms with Crippen molar-refractivity contribution in [1.82, 2.24) is 9.80 Å². The van der Waals surface area contributed by atoms with Crippen LogP contribution in [0.5, 0.6) is 0 Å². The lowest BCUT2D eigenvalue weighted by molar-refractivity contribution is 0.0152. The Bertz CT molecular complexity index is 624. The van der Waals surface area contributed by atoms with Crippen molar-refractivity contribution in [2.45, 2.75) is 40.2 Å². The molecule has 0 saturated carbocycles. The highest BCUT2D eigenvalue weighted by Gasteiger charge is 2.25. The minimum atomic E-state index is -0.441. The standard InChI is InChI=1S/C20H29ClN2O2/c1-15(16(2)17-6-8-18(21)9-7-17)14-22-10-12-23(13-11-22)19(24)25-20(3,4)5/h6-9H,10-14H2,1-5H3. The van der Waals surface area contributed by atoms with Crippen LogP contribution < -0.4 is 0 Å². The SMILES string of the molecule is CC(CN1CCN(C(=O)OC(C)(C)C)CC1)=C(C)c1ccc(Cl)cc1. The third-order valence-electron chi connectivity index (χ3n) is 4.40. The van der Waals surface area contributed by atoms with Crippen molar-refractivity contribution in [3.8, 4) is 0 Å². The molecule has 0 N–H and O–H groups in total. The molecule has 1 saturated heterocycles. The van der Waals surface area contributed by atoms with Crippen molar-refractivity contribution < 1.29 is 9.53 Å². The van der Waals surface area contributed by atoms with Gasteiger partial charge in [-0.15, -0.1) is 0 Å². The molecule has 1 heterocycles. The van der Waals surface area contributed by atoms with Crippen LogP contribution in [0.15, 0.2) is 29.8 Å². The summed E-state index contributed by atoms with van der Waals surface area (Å²) < 4.78 is 5.45. The summed E-state index contributed by atoms with van der Waals surface area (Å²) in [5, 5.41) is 0.757. The molecule has 0 atom stereocenters. The van der Waals surface area contributed by atoms with Gasteiger partial charge < -0.3 is 9.64 Å². The van der Waals surface area contributed by atoms with Gasteiger partial charge >= 0.3 is 6.09 Å². The molecule has 0 aromatic heterocycles. The molecular formula is C20H29ClN2O2. The van der Waals surface area contributed by atoms with E-state index in [-0.39, 0.29) is 6.09 Å². The van der Waals surface area contributed by atoms with E-state index in [9.17, 15) is 4.79 Å². The Labute approximate surface area is 156 Å². The molecule has 1 aromatic rings. The molecule has 5 heteroatoms. The Morgan fingerprint density at radius 3 is 2.16 bits per heavy atom. The average molecular weight is 365 g/mol. The summed E-state index contributed by atoms with van der Waals surface area (Å²) >= 11 is 5.96. The predicted octanol–water partition coefficient (Wildman–Crippen LogP) is 4.69. The zero-order valence-corrected chi connectivity index (χ0v) is 16.7. The second kappa shape index (κ2) is 8.24. The summed E-state index contributed by atoms with van der Waals surface area (Å²) in [5.41, 5.74) is 3.39. The van der Waals surface area contributed by atoms with Gasteiger partial charge in [0.15, 0.2) is 0 Å². The second-order valence-electron chi connectivity index (χ2n) is 7.66. The van der Waals surface area contributed by atoms with E-state index in [0.717, 1.165) is 24.7 Å². The summed E-state index contributed by atoms with van der Waals surface area (Å²) in [6.07, 6.45) is -0.211. The lowest BCUT2D eigenvalue weighted by Gasteiger charge is -2.36. The lowest BCUT2D eigenvalue weighted by atomic mass is 10.0. The molecule has 0 unspecified atom stereocenters. The number of carbonyl (C=O) groups is 1. The van der Waals surface area contributed by atoms with E-state index in [1.54, 1.807) is 4.90 Å². The van der Waals surface area contributed by atoms with Gasteiger partial charge in [0.05, 0.1) is 0 Å². The molecule has 0 radical (unpaired) electrons. The van der Waals surface area contributed by atoms with Crippen LogP contribution in [0.25, 0.3) is 5.57 Å². The number of ether oxygens (including phenoxy) is 1. The Morgan fingerprint density at radius 2 is 1.64 bits per heavy atom. The zero-order valence-electron chi connectivity index (χ0n) is 15.9. The molecule has 1 fully saturated rings. The van der Waals surface area contributed by atoms with Crippen molar-refractivity contribution in [3.05, 3.63) is 40.4 Å². The summed E-state index contributed by atoms with van der Waals surface area (Å²) in [5.74, 6) is 0. The first kappa shape index (κ1) is 19.8. The number of amides is 1. The van der Waals surface area contributed by atoms with E-state index in [4.69, 9.17) is 16.3 Å². The number of hydrogen-bond acceptors (Lipinski definition) is 3. The number of piperazine rings is 1. The molecule has 0 aliphatic carbocycles. The Balaban J connectivity index is 1.89. The average Bonchev–Trinajstić information content (AvgIpc) is 2.54. The van der Waals surface area contributed by atoms with Crippen LogP contribution in [0.1, 0.15) is 40.2 Å². The van der Waals surface area contributed by atoms with Gasteiger partial charge in [0, 0.05) is 37.7 Å². The van der Waals surface area contributed by atoms with E-state index < -0.39 is 5.60 Å². The minimum absolute atomic E-state index is 0.211. The third-order valence-corrected chi connectivity index (χ3v) is 4.65. The van der Waals surface area contributed by atoms with E-state index >= 15 is 0 Å². The van der Waals surface area contributed by atoms with Gasteiger partial charge in [0.25, 0.3) is 0 Å². The van der Waals surface area contributed by atoms with Gasteiger partial charge in [-0.25, -0.2) is 4.79 Å². The van der Waals surface area contributed by atoms with Crippen LogP contribution in [0.2, 0.25) is 5.02 Å². The summed E-state index contributed by atoms with van der Waals surface area (Å²) in [7, 11) is 0. The molecule has 0 spiro atoms. The van der Waals surface area contributed by atoms with Gasteiger partial charge in [0.1, 0.15) is 5.60 Å². The number of allylic oxidation sites excluding steroid dienone is 1. The van der Waals surface area contributed by atoms with Crippen LogP contribution in [-0.4, -0.2) is 54.2 Å². The lowest BCUT2D eigenvalue weighted by Crippen LogP contribution is -2.50. The Hall–Kier alpha value is -1.52. The molecular weight excluding hydrogens is 336 g/mol. The smallest absolute Gasteiger partial charge is 0.410 e. The fraction of sp³-hybridized carbons (Fsp3) is 0.550. The molecule has 1 aromatic carbocycles. The summed E-state index contributed by atoms with van der Waals surface area (Å²) in [4.78, 5) is 16.3. The molecule has 4 nitrogen and oxygen atoms in total. The normalized spacial score (nSPS) is 17.3. The Morgan fingerprint density at radius 1 is 1.08 bits per heavy atom. The van der Waals surface area contributed by atoms with Gasteiger partial charge in [-0.3, -0.25) is 4.90 Å². The second-order valence-corrected chi connectivity index (χ2v) is 8.09. The predicted molar refractivity (Wildman–Crippen MR) is 104 cm³/mol. The van der Waals surface area contributed by atoms with E-state index in [0.29, 0.717) is 13.1 Å². The molecule has 0 bridgehead atoms. The van der Waals surface area contributed by atoms with Crippen LogP contribution in [0.3, 0.4) is 0 Å². The van der Waals surface area contributed by atoms with Gasteiger partial charge in [0.2, 0.25) is 0 Å².